The standard InChI is InChI=1S/C20H20N6O2/c21-9-12-6-14-4-5-19(26(14)24-10-12)18-8-17(16(11-23-18)20(22)28)25-13-2-1-3-15(27)7-13/h4-6,8,10-11,13,15,27H,1-3,7H2,(H2,22,28)(H,23,25)/t13-,15+/m0/s1. The first-order chi connectivity index (χ1) is 13.5. The Morgan fingerprint density at radius 1 is 1.32 bits per heavy atom. The van der Waals surface area contributed by atoms with Gasteiger partial charge >= 0.3 is 0 Å². The van der Waals surface area contributed by atoms with Crippen LogP contribution in [0.1, 0.15) is 41.6 Å². The molecule has 0 saturated heterocycles. The highest BCUT2D eigenvalue weighted by atomic mass is 16.3. The number of nitrogens with one attached hydrogen (secondary N) is 1. The third-order valence-electron chi connectivity index (χ3n) is 5.07. The Morgan fingerprint density at radius 2 is 2.18 bits per heavy atom. The van der Waals surface area contributed by atoms with E-state index in [1.165, 1.54) is 12.4 Å². The molecule has 1 amide bonds. The van der Waals surface area contributed by atoms with E-state index in [4.69, 9.17) is 11.0 Å². The minimum Gasteiger partial charge on any atom is -0.393 e. The number of aliphatic hydroxyl groups excluding tert-OH is 1. The van der Waals surface area contributed by atoms with Crippen LogP contribution in [0, 0.1) is 11.3 Å². The Bertz CT molecular complexity index is 1080. The van der Waals surface area contributed by atoms with Gasteiger partial charge in [-0.2, -0.15) is 10.4 Å². The van der Waals surface area contributed by atoms with E-state index in [1.807, 2.05) is 12.1 Å². The molecule has 3 heterocycles. The van der Waals surface area contributed by atoms with E-state index in [-0.39, 0.29) is 12.1 Å². The molecule has 3 aromatic rings. The molecule has 28 heavy (non-hydrogen) atoms. The van der Waals surface area contributed by atoms with Gasteiger partial charge in [-0.1, -0.05) is 0 Å². The summed E-state index contributed by atoms with van der Waals surface area (Å²) in [6.45, 7) is 0. The summed E-state index contributed by atoms with van der Waals surface area (Å²) in [6, 6.07) is 9.39. The van der Waals surface area contributed by atoms with Gasteiger partial charge in [0.1, 0.15) is 6.07 Å². The molecule has 0 spiro atoms. The lowest BCUT2D eigenvalue weighted by Gasteiger charge is -2.28. The fourth-order valence-electron chi connectivity index (χ4n) is 3.68. The number of nitriles is 1. The van der Waals surface area contributed by atoms with Crippen molar-refractivity contribution >= 4 is 17.1 Å². The van der Waals surface area contributed by atoms with Gasteiger partial charge in [0.25, 0.3) is 5.91 Å². The highest BCUT2D eigenvalue weighted by molar-refractivity contribution is 5.98. The minimum atomic E-state index is -0.560. The first-order valence-electron chi connectivity index (χ1n) is 9.18. The van der Waals surface area contributed by atoms with Crippen molar-refractivity contribution in [2.75, 3.05) is 5.32 Å². The second-order valence-corrected chi connectivity index (χ2v) is 7.05. The summed E-state index contributed by atoms with van der Waals surface area (Å²) in [6.07, 6.45) is 5.89. The maximum absolute atomic E-state index is 11.9. The number of anilines is 1. The second-order valence-electron chi connectivity index (χ2n) is 7.05. The lowest BCUT2D eigenvalue weighted by Crippen LogP contribution is -2.31. The largest absolute Gasteiger partial charge is 0.393 e. The Balaban J connectivity index is 1.72. The minimum absolute atomic E-state index is 0.0671. The van der Waals surface area contributed by atoms with E-state index >= 15 is 0 Å². The maximum Gasteiger partial charge on any atom is 0.252 e. The molecule has 3 aromatic heterocycles. The number of nitrogens with zero attached hydrogens (tertiary/aromatic N) is 4. The van der Waals surface area contributed by atoms with Crippen molar-refractivity contribution in [1.29, 1.82) is 5.26 Å². The van der Waals surface area contributed by atoms with Crippen LogP contribution in [-0.2, 0) is 0 Å². The van der Waals surface area contributed by atoms with Crippen LogP contribution in [0.25, 0.3) is 16.9 Å². The predicted molar refractivity (Wildman–Crippen MR) is 104 cm³/mol. The highest BCUT2D eigenvalue weighted by Crippen LogP contribution is 2.28. The molecule has 4 rings (SSSR count). The summed E-state index contributed by atoms with van der Waals surface area (Å²) in [5.74, 6) is -0.560. The molecule has 0 aromatic carbocycles. The zero-order valence-corrected chi connectivity index (χ0v) is 15.2. The Morgan fingerprint density at radius 3 is 2.93 bits per heavy atom. The third kappa shape index (κ3) is 3.40. The van der Waals surface area contributed by atoms with Gasteiger partial charge in [0.05, 0.1) is 46.0 Å². The van der Waals surface area contributed by atoms with Crippen LogP contribution in [0.5, 0.6) is 0 Å². The van der Waals surface area contributed by atoms with E-state index in [0.29, 0.717) is 28.9 Å². The highest BCUT2D eigenvalue weighted by Gasteiger charge is 2.22. The van der Waals surface area contributed by atoms with Crippen molar-refractivity contribution in [1.82, 2.24) is 14.6 Å². The summed E-state index contributed by atoms with van der Waals surface area (Å²) < 4.78 is 1.70. The fraction of sp³-hybridized carbons (Fsp3) is 0.300. The van der Waals surface area contributed by atoms with E-state index < -0.39 is 5.91 Å². The molecule has 2 atom stereocenters. The van der Waals surface area contributed by atoms with Crippen molar-refractivity contribution in [3.63, 3.8) is 0 Å². The third-order valence-corrected chi connectivity index (χ3v) is 5.07. The molecule has 8 nitrogen and oxygen atoms in total. The molecule has 0 unspecified atom stereocenters. The topological polar surface area (TPSA) is 129 Å². The van der Waals surface area contributed by atoms with Crippen LogP contribution in [0.15, 0.2) is 36.7 Å². The van der Waals surface area contributed by atoms with Gasteiger partial charge in [0.15, 0.2) is 0 Å². The van der Waals surface area contributed by atoms with Gasteiger partial charge in [0, 0.05) is 12.2 Å². The van der Waals surface area contributed by atoms with Crippen LogP contribution in [-0.4, -0.2) is 37.8 Å². The Labute approximate surface area is 161 Å². The quantitative estimate of drug-likeness (QED) is 0.639. The van der Waals surface area contributed by atoms with Crippen LogP contribution >= 0.6 is 0 Å². The van der Waals surface area contributed by atoms with E-state index in [2.05, 4.69) is 21.5 Å². The van der Waals surface area contributed by atoms with E-state index in [1.54, 1.807) is 16.6 Å². The van der Waals surface area contributed by atoms with Gasteiger partial charge in [0.2, 0.25) is 0 Å². The number of primary amides is 1. The molecule has 4 N–H and O–H groups in total. The number of hydrogen-bond donors (Lipinski definition) is 3. The first-order valence-corrected chi connectivity index (χ1v) is 9.18. The van der Waals surface area contributed by atoms with Gasteiger partial charge in [-0.15, -0.1) is 0 Å². The van der Waals surface area contributed by atoms with Gasteiger partial charge in [-0.05, 0) is 49.9 Å². The molecule has 1 saturated carbocycles. The van der Waals surface area contributed by atoms with Crippen LogP contribution in [0.2, 0.25) is 0 Å². The molecule has 8 heteroatoms. The molecular formula is C20H20N6O2. The number of hydrogen-bond acceptors (Lipinski definition) is 6. The van der Waals surface area contributed by atoms with E-state index in [9.17, 15) is 9.90 Å². The van der Waals surface area contributed by atoms with E-state index in [0.717, 1.165) is 30.5 Å². The normalized spacial score (nSPS) is 19.3. The number of aromatic nitrogens is 3. The molecule has 0 radical (unpaired) electrons. The molecule has 1 aliphatic rings. The Kier molecular flexibility index (Phi) is 4.67. The zero-order chi connectivity index (χ0) is 19.7. The number of carbonyl (C=O) groups excluding carboxylic acids is 1. The predicted octanol–water partition coefficient (Wildman–Crippen LogP) is 2.08. The van der Waals surface area contributed by atoms with Crippen molar-refractivity contribution < 1.29 is 9.90 Å². The van der Waals surface area contributed by atoms with Gasteiger partial charge in [-0.25, -0.2) is 4.52 Å². The number of aliphatic hydroxyl groups is 1. The molecule has 1 fully saturated rings. The van der Waals surface area contributed by atoms with Crippen LogP contribution in [0.4, 0.5) is 5.69 Å². The Hall–Kier alpha value is -3.44. The number of pyridine rings is 1. The summed E-state index contributed by atoms with van der Waals surface area (Å²) in [7, 11) is 0. The van der Waals surface area contributed by atoms with Crippen molar-refractivity contribution in [2.24, 2.45) is 5.73 Å². The van der Waals surface area contributed by atoms with Crippen LogP contribution < -0.4 is 11.1 Å². The number of nitrogens with two attached hydrogens (primary N) is 1. The zero-order valence-electron chi connectivity index (χ0n) is 15.2. The maximum atomic E-state index is 11.9. The van der Waals surface area contributed by atoms with Crippen molar-refractivity contribution in [3.05, 3.63) is 47.8 Å². The summed E-state index contributed by atoms with van der Waals surface area (Å²) in [5, 5.41) is 26.6. The SMILES string of the molecule is N#Cc1cnn2c(-c3cc(N[C@H]4CCC[C@@H](O)C4)c(C(N)=O)cn3)ccc2c1. The average molecular weight is 376 g/mol. The van der Waals surface area contributed by atoms with Crippen LogP contribution in [0.3, 0.4) is 0 Å². The number of rotatable bonds is 4. The van der Waals surface area contributed by atoms with Crippen molar-refractivity contribution in [3.8, 4) is 17.5 Å². The fourth-order valence-corrected chi connectivity index (χ4v) is 3.68. The molecular weight excluding hydrogens is 356 g/mol. The lowest BCUT2D eigenvalue weighted by atomic mass is 9.92. The second kappa shape index (κ2) is 7.29. The molecule has 0 bridgehead atoms. The molecule has 0 aliphatic heterocycles. The van der Waals surface area contributed by atoms with Gasteiger partial charge < -0.3 is 16.2 Å². The number of carbonyl (C=O) groups is 1. The summed E-state index contributed by atoms with van der Waals surface area (Å²) in [5.41, 5.74) is 9.05. The lowest BCUT2D eigenvalue weighted by molar-refractivity contribution is 0.100. The summed E-state index contributed by atoms with van der Waals surface area (Å²) in [4.78, 5) is 16.2. The summed E-state index contributed by atoms with van der Waals surface area (Å²) >= 11 is 0. The smallest absolute Gasteiger partial charge is 0.252 e. The van der Waals surface area contributed by atoms with Gasteiger partial charge in [-0.3, -0.25) is 9.78 Å². The van der Waals surface area contributed by atoms with Crippen molar-refractivity contribution in [2.45, 2.75) is 37.8 Å². The number of amides is 1. The molecule has 142 valence electrons. The molecule has 1 aliphatic carbocycles. The monoisotopic (exact) mass is 376 g/mol. The average Bonchev–Trinajstić information content (AvgIpc) is 3.11. The first kappa shape index (κ1) is 17.9. The number of fused-ring (bicyclic) bond motifs is 1.